The minimum atomic E-state index is -3.71. The predicted molar refractivity (Wildman–Crippen MR) is 112 cm³/mol. The summed E-state index contributed by atoms with van der Waals surface area (Å²) >= 11 is 0. The average molecular weight is 435 g/mol. The van der Waals surface area contributed by atoms with E-state index in [4.69, 9.17) is 14.2 Å². The van der Waals surface area contributed by atoms with Crippen LogP contribution in [0.4, 0.5) is 5.69 Å². The Balaban J connectivity index is 1.81. The van der Waals surface area contributed by atoms with Gasteiger partial charge < -0.3 is 19.5 Å². The minimum absolute atomic E-state index is 0.0831. The van der Waals surface area contributed by atoms with Gasteiger partial charge in [0.25, 0.3) is 5.91 Å². The van der Waals surface area contributed by atoms with Crippen LogP contribution in [0.5, 0.6) is 11.5 Å². The fourth-order valence-corrected chi connectivity index (χ4v) is 4.41. The van der Waals surface area contributed by atoms with Gasteiger partial charge in [0.05, 0.1) is 30.4 Å². The number of carbonyl (C=O) groups excluding carboxylic acids is 1. The Bertz CT molecular complexity index is 959. The van der Waals surface area contributed by atoms with Gasteiger partial charge in [-0.1, -0.05) is 18.2 Å². The van der Waals surface area contributed by atoms with Gasteiger partial charge in [0, 0.05) is 13.1 Å². The third-order valence-electron chi connectivity index (χ3n) is 4.54. The van der Waals surface area contributed by atoms with Gasteiger partial charge in [0.2, 0.25) is 10.0 Å². The molecule has 0 saturated carbocycles. The van der Waals surface area contributed by atoms with Gasteiger partial charge >= 0.3 is 0 Å². The zero-order valence-corrected chi connectivity index (χ0v) is 17.9. The number of carbonyl (C=O) groups is 1. The molecule has 0 aliphatic carbocycles. The normalized spacial score (nSPS) is 15.9. The summed E-state index contributed by atoms with van der Waals surface area (Å²) in [7, 11) is -3.71. The lowest BCUT2D eigenvalue weighted by Crippen LogP contribution is -2.40. The van der Waals surface area contributed by atoms with E-state index in [1.54, 1.807) is 25.1 Å². The van der Waals surface area contributed by atoms with Crippen LogP contribution >= 0.6 is 0 Å². The maximum Gasteiger partial charge on any atom is 0.265 e. The van der Waals surface area contributed by atoms with Crippen molar-refractivity contribution in [1.82, 2.24) is 4.31 Å². The van der Waals surface area contributed by atoms with Crippen molar-refractivity contribution < 1.29 is 27.4 Å². The summed E-state index contributed by atoms with van der Waals surface area (Å²) in [5, 5.41) is 2.73. The van der Waals surface area contributed by atoms with Crippen LogP contribution in [0.3, 0.4) is 0 Å². The van der Waals surface area contributed by atoms with E-state index in [2.05, 4.69) is 5.32 Å². The third-order valence-corrected chi connectivity index (χ3v) is 6.44. The second-order valence-corrected chi connectivity index (χ2v) is 8.61. The van der Waals surface area contributed by atoms with Crippen molar-refractivity contribution >= 4 is 21.6 Å². The molecule has 2 aromatic carbocycles. The highest BCUT2D eigenvalue weighted by molar-refractivity contribution is 7.89. The first kappa shape index (κ1) is 22.1. The number of amides is 1. The molecule has 30 heavy (non-hydrogen) atoms. The van der Waals surface area contributed by atoms with Gasteiger partial charge in [-0.25, -0.2) is 8.42 Å². The number of nitrogens with one attached hydrogen (secondary N) is 1. The van der Waals surface area contributed by atoms with Crippen LogP contribution in [-0.4, -0.2) is 57.6 Å². The molecule has 0 spiro atoms. The van der Waals surface area contributed by atoms with Gasteiger partial charge in [-0.05, 0) is 44.2 Å². The maximum absolute atomic E-state index is 13.0. The molecule has 1 unspecified atom stereocenters. The molecule has 1 heterocycles. The monoisotopic (exact) mass is 434 g/mol. The summed E-state index contributed by atoms with van der Waals surface area (Å²) in [6, 6.07) is 13.4. The molecule has 0 aromatic heterocycles. The second kappa shape index (κ2) is 9.92. The summed E-state index contributed by atoms with van der Waals surface area (Å²) in [5.41, 5.74) is 0.277. The van der Waals surface area contributed by atoms with E-state index in [1.807, 2.05) is 25.1 Å². The van der Waals surface area contributed by atoms with Crippen molar-refractivity contribution in [2.45, 2.75) is 24.8 Å². The summed E-state index contributed by atoms with van der Waals surface area (Å²) in [5.74, 6) is 0.535. The summed E-state index contributed by atoms with van der Waals surface area (Å²) in [4.78, 5) is 12.8. The Morgan fingerprint density at radius 2 is 1.87 bits per heavy atom. The van der Waals surface area contributed by atoms with E-state index in [9.17, 15) is 13.2 Å². The van der Waals surface area contributed by atoms with Gasteiger partial charge in [0.1, 0.15) is 11.5 Å². The van der Waals surface area contributed by atoms with Crippen LogP contribution < -0.4 is 14.8 Å². The van der Waals surface area contributed by atoms with E-state index in [0.29, 0.717) is 44.4 Å². The number of hydrogen-bond acceptors (Lipinski definition) is 6. The standard InChI is InChI=1S/C21H26N2O6S/c1-3-28-20-10-9-18(30(25,26)23-11-13-27-14-12-23)15-19(20)22-21(24)16(2)29-17-7-5-4-6-8-17/h4-10,15-16H,3,11-14H2,1-2H3,(H,22,24). The number of para-hydroxylation sites is 1. The predicted octanol–water partition coefficient (Wildman–Crippen LogP) is 2.51. The van der Waals surface area contributed by atoms with Gasteiger partial charge in [-0.2, -0.15) is 4.31 Å². The third kappa shape index (κ3) is 5.29. The lowest BCUT2D eigenvalue weighted by atomic mass is 10.2. The fourth-order valence-electron chi connectivity index (χ4n) is 2.98. The molecule has 0 radical (unpaired) electrons. The topological polar surface area (TPSA) is 94.2 Å². The summed E-state index contributed by atoms with van der Waals surface area (Å²) in [6.07, 6.45) is -0.790. The highest BCUT2D eigenvalue weighted by Gasteiger charge is 2.27. The first-order chi connectivity index (χ1) is 14.4. The maximum atomic E-state index is 13.0. The lowest BCUT2D eigenvalue weighted by molar-refractivity contribution is -0.122. The number of anilines is 1. The van der Waals surface area contributed by atoms with Crippen LogP contribution in [0.25, 0.3) is 0 Å². The second-order valence-electron chi connectivity index (χ2n) is 6.67. The number of nitrogens with zero attached hydrogens (tertiary/aromatic N) is 1. The Kier molecular flexibility index (Phi) is 7.30. The van der Waals surface area contributed by atoms with Crippen LogP contribution in [0.15, 0.2) is 53.4 Å². The number of sulfonamides is 1. The van der Waals surface area contributed by atoms with Gasteiger partial charge in [0.15, 0.2) is 6.10 Å². The van der Waals surface area contributed by atoms with E-state index >= 15 is 0 Å². The fraction of sp³-hybridized carbons (Fsp3) is 0.381. The average Bonchev–Trinajstić information content (AvgIpc) is 2.76. The van der Waals surface area contributed by atoms with E-state index in [0.717, 1.165) is 0 Å². The number of hydrogen-bond donors (Lipinski definition) is 1. The van der Waals surface area contributed by atoms with Crippen LogP contribution in [0, 0.1) is 0 Å². The molecule has 1 saturated heterocycles. The largest absolute Gasteiger partial charge is 0.492 e. The first-order valence-electron chi connectivity index (χ1n) is 9.79. The Morgan fingerprint density at radius 1 is 1.17 bits per heavy atom. The highest BCUT2D eigenvalue weighted by Crippen LogP contribution is 2.30. The number of rotatable bonds is 8. The van der Waals surface area contributed by atoms with Crippen molar-refractivity contribution in [1.29, 1.82) is 0 Å². The zero-order valence-electron chi connectivity index (χ0n) is 17.0. The van der Waals surface area contributed by atoms with Crippen molar-refractivity contribution in [2.24, 2.45) is 0 Å². The minimum Gasteiger partial charge on any atom is -0.492 e. The molecular formula is C21H26N2O6S. The summed E-state index contributed by atoms with van der Waals surface area (Å²) < 4.78 is 43.7. The molecule has 3 rings (SSSR count). The molecule has 0 bridgehead atoms. The van der Waals surface area contributed by atoms with Gasteiger partial charge in [-0.15, -0.1) is 0 Å². The Labute approximate surface area is 176 Å². The summed E-state index contributed by atoms with van der Waals surface area (Å²) in [6.45, 7) is 5.09. The van der Waals surface area contributed by atoms with E-state index in [1.165, 1.54) is 16.4 Å². The molecule has 1 fully saturated rings. The van der Waals surface area contributed by atoms with E-state index in [-0.39, 0.29) is 10.6 Å². The molecule has 8 nitrogen and oxygen atoms in total. The van der Waals surface area contributed by atoms with Crippen molar-refractivity contribution in [3.8, 4) is 11.5 Å². The van der Waals surface area contributed by atoms with Crippen molar-refractivity contribution in [2.75, 3.05) is 38.2 Å². The van der Waals surface area contributed by atoms with E-state index < -0.39 is 22.0 Å². The Hall–Kier alpha value is -2.62. The zero-order chi connectivity index (χ0) is 21.6. The molecule has 2 aromatic rings. The Morgan fingerprint density at radius 3 is 2.53 bits per heavy atom. The molecule has 1 atom stereocenters. The number of morpholine rings is 1. The quantitative estimate of drug-likeness (QED) is 0.686. The first-order valence-corrected chi connectivity index (χ1v) is 11.2. The van der Waals surface area contributed by atoms with Crippen molar-refractivity contribution in [3.63, 3.8) is 0 Å². The number of benzene rings is 2. The molecule has 1 N–H and O–H groups in total. The molecule has 1 amide bonds. The van der Waals surface area contributed by atoms with Crippen LogP contribution in [0.1, 0.15) is 13.8 Å². The molecule has 162 valence electrons. The molecular weight excluding hydrogens is 408 g/mol. The highest BCUT2D eigenvalue weighted by atomic mass is 32.2. The van der Waals surface area contributed by atoms with Crippen LogP contribution in [-0.2, 0) is 19.6 Å². The lowest BCUT2D eigenvalue weighted by Gasteiger charge is -2.26. The smallest absolute Gasteiger partial charge is 0.265 e. The van der Waals surface area contributed by atoms with Gasteiger partial charge in [-0.3, -0.25) is 4.79 Å². The number of ether oxygens (including phenoxy) is 3. The molecule has 9 heteroatoms. The molecule has 1 aliphatic heterocycles. The molecule has 1 aliphatic rings. The van der Waals surface area contributed by atoms with Crippen molar-refractivity contribution in [3.05, 3.63) is 48.5 Å². The SMILES string of the molecule is CCOc1ccc(S(=O)(=O)N2CCOCC2)cc1NC(=O)C(C)Oc1ccccc1. The van der Waals surface area contributed by atoms with Crippen LogP contribution in [0.2, 0.25) is 0 Å².